The predicted octanol–water partition coefficient (Wildman–Crippen LogP) is 2.45. The van der Waals surface area contributed by atoms with Crippen molar-refractivity contribution in [2.45, 2.75) is 19.4 Å². The van der Waals surface area contributed by atoms with Crippen LogP contribution in [0.15, 0.2) is 42.5 Å². The van der Waals surface area contributed by atoms with Gasteiger partial charge in [-0.1, -0.05) is 18.2 Å². The Morgan fingerprint density at radius 2 is 1.86 bits per heavy atom. The molecule has 1 aliphatic rings. The van der Waals surface area contributed by atoms with Crippen LogP contribution in [0.4, 0.5) is 11.4 Å². The van der Waals surface area contributed by atoms with Gasteiger partial charge in [0.2, 0.25) is 10.0 Å². The zero-order valence-electron chi connectivity index (χ0n) is 16.4. The molecule has 1 atom stereocenters. The predicted molar refractivity (Wildman–Crippen MR) is 109 cm³/mol. The largest absolute Gasteiger partial charge is 0.497 e. The molecule has 3 rings (SSSR count). The van der Waals surface area contributed by atoms with Crippen molar-refractivity contribution in [2.24, 2.45) is 0 Å². The van der Waals surface area contributed by atoms with Crippen LogP contribution in [-0.4, -0.2) is 47.4 Å². The number of carbonyl (C=O) groups excluding carboxylic acids is 1. The van der Waals surface area contributed by atoms with E-state index in [1.807, 2.05) is 24.3 Å². The third kappa shape index (κ3) is 3.64. The van der Waals surface area contributed by atoms with Crippen LogP contribution in [0.2, 0.25) is 0 Å². The molecule has 1 unspecified atom stereocenters. The molecule has 7 nitrogen and oxygen atoms in total. The number of rotatable bonds is 6. The molecule has 1 aliphatic heterocycles. The fourth-order valence-electron chi connectivity index (χ4n) is 3.54. The lowest BCUT2D eigenvalue weighted by molar-refractivity contribution is -0.119. The number of anilines is 2. The Labute approximate surface area is 165 Å². The molecule has 0 saturated heterocycles. The number of ether oxygens (including phenoxy) is 2. The number of carbonyl (C=O) groups is 1. The van der Waals surface area contributed by atoms with Gasteiger partial charge in [0.15, 0.2) is 0 Å². The average Bonchev–Trinajstić information content (AvgIpc) is 3.10. The van der Waals surface area contributed by atoms with E-state index in [1.54, 1.807) is 30.0 Å². The zero-order chi connectivity index (χ0) is 20.5. The maximum Gasteiger partial charge on any atom is 0.250 e. The molecule has 28 heavy (non-hydrogen) atoms. The molecule has 0 N–H and O–H groups in total. The van der Waals surface area contributed by atoms with Crippen LogP contribution >= 0.6 is 0 Å². The summed E-state index contributed by atoms with van der Waals surface area (Å²) in [6, 6.07) is 11.6. The second kappa shape index (κ2) is 7.71. The van der Waals surface area contributed by atoms with E-state index in [-0.39, 0.29) is 11.6 Å². The van der Waals surface area contributed by atoms with Crippen LogP contribution < -0.4 is 18.7 Å². The van der Waals surface area contributed by atoms with Crippen molar-refractivity contribution in [1.29, 1.82) is 0 Å². The SMILES string of the molecule is COc1ccc(OC)c(N(C(C)C(=O)N2CCc3ccccc32)S(C)(=O)=O)c1. The average molecular weight is 404 g/mol. The Morgan fingerprint density at radius 1 is 1.14 bits per heavy atom. The minimum atomic E-state index is -3.78. The Hall–Kier alpha value is -2.74. The summed E-state index contributed by atoms with van der Waals surface area (Å²) in [7, 11) is -0.831. The summed E-state index contributed by atoms with van der Waals surface area (Å²) in [5.41, 5.74) is 2.16. The van der Waals surface area contributed by atoms with Gasteiger partial charge in [-0.3, -0.25) is 9.10 Å². The normalized spacial score (nSPS) is 14.4. The Bertz CT molecular complexity index is 990. The van der Waals surface area contributed by atoms with Gasteiger partial charge in [0, 0.05) is 18.3 Å². The second-order valence-corrected chi connectivity index (χ2v) is 8.50. The van der Waals surface area contributed by atoms with Crippen LogP contribution in [0.5, 0.6) is 11.5 Å². The molecule has 150 valence electrons. The molecule has 0 saturated carbocycles. The summed E-state index contributed by atoms with van der Waals surface area (Å²) < 4.78 is 37.0. The summed E-state index contributed by atoms with van der Waals surface area (Å²) in [4.78, 5) is 14.9. The number of sulfonamides is 1. The first-order chi connectivity index (χ1) is 13.3. The fraction of sp³-hybridized carbons (Fsp3) is 0.350. The summed E-state index contributed by atoms with van der Waals surface area (Å²) in [5, 5.41) is 0. The van der Waals surface area contributed by atoms with Gasteiger partial charge in [-0.2, -0.15) is 0 Å². The van der Waals surface area contributed by atoms with Crippen LogP contribution in [-0.2, 0) is 21.2 Å². The third-order valence-electron chi connectivity index (χ3n) is 4.84. The lowest BCUT2D eigenvalue weighted by atomic mass is 10.2. The quantitative estimate of drug-likeness (QED) is 0.739. The Kier molecular flexibility index (Phi) is 5.51. The van der Waals surface area contributed by atoms with Gasteiger partial charge in [-0.05, 0) is 37.1 Å². The molecule has 0 radical (unpaired) electrons. The van der Waals surface area contributed by atoms with Crippen molar-refractivity contribution in [1.82, 2.24) is 0 Å². The highest BCUT2D eigenvalue weighted by Crippen LogP contribution is 2.36. The van der Waals surface area contributed by atoms with Crippen LogP contribution in [0, 0.1) is 0 Å². The van der Waals surface area contributed by atoms with Gasteiger partial charge in [-0.15, -0.1) is 0 Å². The minimum Gasteiger partial charge on any atom is -0.497 e. The van der Waals surface area contributed by atoms with Gasteiger partial charge in [0.25, 0.3) is 5.91 Å². The highest BCUT2D eigenvalue weighted by Gasteiger charge is 2.36. The molecule has 0 aliphatic carbocycles. The number of para-hydroxylation sites is 1. The molecule has 1 heterocycles. The summed E-state index contributed by atoms with van der Waals surface area (Å²) >= 11 is 0. The van der Waals surface area contributed by atoms with Crippen molar-refractivity contribution < 1.29 is 22.7 Å². The standard InChI is InChI=1S/C20H24N2O5S/c1-14(20(23)21-12-11-15-7-5-6-8-17(15)21)22(28(4,24)25)18-13-16(26-2)9-10-19(18)27-3/h5-10,13-14H,11-12H2,1-4H3. The van der Waals surface area contributed by atoms with Crippen molar-refractivity contribution in [2.75, 3.05) is 36.2 Å². The number of nitrogens with zero attached hydrogens (tertiary/aromatic N) is 2. The van der Waals surface area contributed by atoms with E-state index >= 15 is 0 Å². The topological polar surface area (TPSA) is 76.2 Å². The number of hydrogen-bond acceptors (Lipinski definition) is 5. The van der Waals surface area contributed by atoms with Crippen molar-refractivity contribution >= 4 is 27.3 Å². The van der Waals surface area contributed by atoms with E-state index in [9.17, 15) is 13.2 Å². The van der Waals surface area contributed by atoms with Crippen LogP contribution in [0.25, 0.3) is 0 Å². The molecule has 2 aromatic rings. The van der Waals surface area contributed by atoms with E-state index in [1.165, 1.54) is 14.2 Å². The fourth-order valence-corrected chi connectivity index (χ4v) is 4.70. The molecule has 1 amide bonds. The van der Waals surface area contributed by atoms with Gasteiger partial charge in [-0.25, -0.2) is 8.42 Å². The molecule has 2 aromatic carbocycles. The van der Waals surface area contributed by atoms with Gasteiger partial charge < -0.3 is 14.4 Å². The first kappa shape index (κ1) is 20.0. The number of fused-ring (bicyclic) bond motifs is 1. The van der Waals surface area contributed by atoms with Crippen LogP contribution in [0.1, 0.15) is 12.5 Å². The molecule has 0 aromatic heterocycles. The summed E-state index contributed by atoms with van der Waals surface area (Å²) in [6.45, 7) is 2.11. The monoisotopic (exact) mass is 404 g/mol. The highest BCUT2D eigenvalue weighted by atomic mass is 32.2. The third-order valence-corrected chi connectivity index (χ3v) is 6.07. The first-order valence-electron chi connectivity index (χ1n) is 8.88. The van der Waals surface area contributed by atoms with E-state index in [0.717, 1.165) is 28.2 Å². The smallest absolute Gasteiger partial charge is 0.250 e. The number of amides is 1. The zero-order valence-corrected chi connectivity index (χ0v) is 17.2. The van der Waals surface area contributed by atoms with E-state index in [4.69, 9.17) is 9.47 Å². The maximum absolute atomic E-state index is 13.3. The van der Waals surface area contributed by atoms with E-state index < -0.39 is 16.1 Å². The lowest BCUT2D eigenvalue weighted by Gasteiger charge is -2.32. The number of benzene rings is 2. The lowest BCUT2D eigenvalue weighted by Crippen LogP contribution is -2.49. The van der Waals surface area contributed by atoms with Crippen molar-refractivity contribution in [3.05, 3.63) is 48.0 Å². The van der Waals surface area contributed by atoms with E-state index in [0.29, 0.717) is 18.0 Å². The van der Waals surface area contributed by atoms with Crippen LogP contribution in [0.3, 0.4) is 0 Å². The number of hydrogen-bond donors (Lipinski definition) is 0. The first-order valence-corrected chi connectivity index (χ1v) is 10.7. The highest BCUT2D eigenvalue weighted by molar-refractivity contribution is 7.92. The summed E-state index contributed by atoms with van der Waals surface area (Å²) in [5.74, 6) is 0.517. The molecule has 8 heteroatoms. The number of methoxy groups -OCH3 is 2. The molecular weight excluding hydrogens is 380 g/mol. The Morgan fingerprint density at radius 3 is 2.50 bits per heavy atom. The van der Waals surface area contributed by atoms with Gasteiger partial charge in [0.05, 0.1) is 26.2 Å². The molecule has 0 bridgehead atoms. The van der Waals surface area contributed by atoms with Crippen molar-refractivity contribution in [3.63, 3.8) is 0 Å². The molecule has 0 fully saturated rings. The molecular formula is C20H24N2O5S. The second-order valence-electron chi connectivity index (χ2n) is 6.64. The van der Waals surface area contributed by atoms with Gasteiger partial charge >= 0.3 is 0 Å². The van der Waals surface area contributed by atoms with Gasteiger partial charge in [0.1, 0.15) is 17.5 Å². The minimum absolute atomic E-state index is 0.262. The maximum atomic E-state index is 13.3. The van der Waals surface area contributed by atoms with Crippen molar-refractivity contribution in [3.8, 4) is 11.5 Å². The molecule has 0 spiro atoms. The van der Waals surface area contributed by atoms with E-state index in [2.05, 4.69) is 0 Å². The summed E-state index contributed by atoms with van der Waals surface area (Å²) in [6.07, 6.45) is 1.82. The Balaban J connectivity index is 2.03.